The summed E-state index contributed by atoms with van der Waals surface area (Å²) in [7, 11) is 0. The van der Waals surface area contributed by atoms with Gasteiger partial charge in [0, 0.05) is 0 Å². The fourth-order valence-corrected chi connectivity index (χ4v) is 2.52. The molecule has 0 aromatic heterocycles. The van der Waals surface area contributed by atoms with E-state index in [9.17, 15) is 4.39 Å². The first kappa shape index (κ1) is 15.7. The Bertz CT molecular complexity index is 591. The molecule has 0 aliphatic rings. The molecule has 3 heteroatoms. The normalized spacial score (nSPS) is 12.7. The predicted octanol–water partition coefficient (Wildman–Crippen LogP) is 4.00. The van der Waals surface area contributed by atoms with E-state index in [4.69, 9.17) is 5.84 Å². The van der Waals surface area contributed by atoms with Crippen LogP contribution in [0, 0.1) is 12.7 Å². The first-order chi connectivity index (χ1) is 10.0. The molecular weight excluding hydrogens is 263 g/mol. The Labute approximate surface area is 126 Å². The predicted molar refractivity (Wildman–Crippen MR) is 85.4 cm³/mol. The lowest BCUT2D eigenvalue weighted by atomic mass is 9.94. The Morgan fingerprint density at radius 3 is 2.33 bits per heavy atom. The van der Waals surface area contributed by atoms with Crippen LogP contribution in [0.1, 0.15) is 48.1 Å². The van der Waals surface area contributed by atoms with E-state index in [2.05, 4.69) is 43.5 Å². The van der Waals surface area contributed by atoms with Gasteiger partial charge in [-0.1, -0.05) is 44.2 Å². The van der Waals surface area contributed by atoms with Gasteiger partial charge in [0.15, 0.2) is 0 Å². The van der Waals surface area contributed by atoms with Crippen LogP contribution in [0.3, 0.4) is 0 Å². The van der Waals surface area contributed by atoms with E-state index in [-0.39, 0.29) is 11.9 Å². The van der Waals surface area contributed by atoms with Gasteiger partial charge in [-0.05, 0) is 53.6 Å². The number of benzene rings is 2. The van der Waals surface area contributed by atoms with Crippen molar-refractivity contribution in [2.24, 2.45) is 5.84 Å². The number of hydrogen-bond acceptors (Lipinski definition) is 2. The molecule has 0 aliphatic heterocycles. The summed E-state index contributed by atoms with van der Waals surface area (Å²) in [6, 6.07) is 13.3. The molecule has 0 radical (unpaired) electrons. The van der Waals surface area contributed by atoms with Crippen molar-refractivity contribution in [3.8, 4) is 0 Å². The summed E-state index contributed by atoms with van der Waals surface area (Å²) < 4.78 is 13.5. The van der Waals surface area contributed by atoms with E-state index in [1.807, 2.05) is 6.92 Å². The third kappa shape index (κ3) is 3.90. The number of rotatable bonds is 5. The summed E-state index contributed by atoms with van der Waals surface area (Å²) in [5.74, 6) is 5.97. The quantitative estimate of drug-likeness (QED) is 0.644. The molecule has 0 saturated heterocycles. The van der Waals surface area contributed by atoms with Crippen molar-refractivity contribution >= 4 is 0 Å². The summed E-state index contributed by atoms with van der Waals surface area (Å²) in [5, 5.41) is 0. The van der Waals surface area contributed by atoms with Crippen molar-refractivity contribution < 1.29 is 4.39 Å². The molecule has 2 aromatic carbocycles. The zero-order valence-corrected chi connectivity index (χ0v) is 12.9. The Morgan fingerprint density at radius 1 is 1.10 bits per heavy atom. The Balaban J connectivity index is 2.20. The number of nitrogens with two attached hydrogens (primary N) is 1. The highest BCUT2D eigenvalue weighted by Gasteiger charge is 2.14. The summed E-state index contributed by atoms with van der Waals surface area (Å²) >= 11 is 0. The maximum Gasteiger partial charge on any atom is 0.123 e. The van der Waals surface area contributed by atoms with Crippen molar-refractivity contribution in [1.29, 1.82) is 0 Å². The average Bonchev–Trinajstić information content (AvgIpc) is 2.48. The van der Waals surface area contributed by atoms with Gasteiger partial charge in [-0.3, -0.25) is 11.3 Å². The zero-order chi connectivity index (χ0) is 15.4. The summed E-state index contributed by atoms with van der Waals surface area (Å²) in [4.78, 5) is 0. The zero-order valence-electron chi connectivity index (χ0n) is 12.9. The minimum atomic E-state index is -0.231. The average molecular weight is 286 g/mol. The molecule has 2 rings (SSSR count). The van der Waals surface area contributed by atoms with Crippen LogP contribution in [-0.4, -0.2) is 0 Å². The molecule has 0 spiro atoms. The second-order valence-corrected chi connectivity index (χ2v) is 5.82. The van der Waals surface area contributed by atoms with Gasteiger partial charge in [0.25, 0.3) is 0 Å². The fraction of sp³-hybridized carbons (Fsp3) is 0.333. The first-order valence-corrected chi connectivity index (χ1v) is 7.32. The molecule has 2 nitrogen and oxygen atoms in total. The minimum absolute atomic E-state index is 0.0920. The van der Waals surface area contributed by atoms with Crippen LogP contribution in [0.2, 0.25) is 0 Å². The van der Waals surface area contributed by atoms with E-state index >= 15 is 0 Å². The van der Waals surface area contributed by atoms with Crippen molar-refractivity contribution in [3.63, 3.8) is 0 Å². The molecule has 0 bridgehead atoms. The molecule has 112 valence electrons. The van der Waals surface area contributed by atoms with Crippen LogP contribution >= 0.6 is 0 Å². The molecular formula is C18H23FN2. The minimum Gasteiger partial charge on any atom is -0.271 e. The second-order valence-electron chi connectivity index (χ2n) is 5.82. The van der Waals surface area contributed by atoms with Gasteiger partial charge in [0.2, 0.25) is 0 Å². The van der Waals surface area contributed by atoms with Crippen LogP contribution in [-0.2, 0) is 6.42 Å². The maximum absolute atomic E-state index is 13.5. The van der Waals surface area contributed by atoms with E-state index < -0.39 is 0 Å². The van der Waals surface area contributed by atoms with Crippen molar-refractivity contribution in [2.45, 2.75) is 39.2 Å². The van der Waals surface area contributed by atoms with Crippen molar-refractivity contribution in [3.05, 3.63) is 70.5 Å². The van der Waals surface area contributed by atoms with Crippen molar-refractivity contribution in [2.75, 3.05) is 0 Å². The molecule has 21 heavy (non-hydrogen) atoms. The number of nitrogens with one attached hydrogen (secondary N) is 1. The maximum atomic E-state index is 13.5. The fourth-order valence-electron chi connectivity index (χ4n) is 2.52. The highest BCUT2D eigenvalue weighted by molar-refractivity contribution is 5.32. The Kier molecular flexibility index (Phi) is 5.10. The van der Waals surface area contributed by atoms with Crippen molar-refractivity contribution in [1.82, 2.24) is 5.43 Å². The lowest BCUT2D eigenvalue weighted by molar-refractivity contribution is 0.541. The van der Waals surface area contributed by atoms with Gasteiger partial charge in [-0.2, -0.15) is 0 Å². The summed E-state index contributed by atoms with van der Waals surface area (Å²) in [5.41, 5.74) is 7.26. The molecule has 1 atom stereocenters. The van der Waals surface area contributed by atoms with Gasteiger partial charge >= 0.3 is 0 Å². The molecule has 0 aliphatic carbocycles. The molecule has 1 unspecified atom stereocenters. The number of halogens is 1. The van der Waals surface area contributed by atoms with Gasteiger partial charge in [-0.25, -0.2) is 4.39 Å². The van der Waals surface area contributed by atoms with E-state index in [0.29, 0.717) is 5.92 Å². The highest BCUT2D eigenvalue weighted by atomic mass is 19.1. The van der Waals surface area contributed by atoms with Crippen LogP contribution < -0.4 is 11.3 Å². The van der Waals surface area contributed by atoms with Gasteiger partial charge in [0.1, 0.15) is 5.82 Å². The lowest BCUT2D eigenvalue weighted by Gasteiger charge is -2.19. The lowest BCUT2D eigenvalue weighted by Crippen LogP contribution is -2.30. The first-order valence-electron chi connectivity index (χ1n) is 7.32. The molecule has 2 aromatic rings. The van der Waals surface area contributed by atoms with E-state index in [0.717, 1.165) is 17.5 Å². The molecule has 0 amide bonds. The largest absolute Gasteiger partial charge is 0.271 e. The SMILES string of the molecule is Cc1ccc(F)cc1C(Cc1ccc(C(C)C)cc1)NN. The standard InChI is InChI=1S/C18H23FN2/c1-12(2)15-7-5-14(6-8-15)10-18(21-20)17-11-16(19)9-4-13(17)3/h4-9,11-12,18,21H,10,20H2,1-3H3. The third-order valence-electron chi connectivity index (χ3n) is 3.90. The number of hydrazine groups is 1. The highest BCUT2D eigenvalue weighted by Crippen LogP contribution is 2.23. The van der Waals surface area contributed by atoms with Crippen LogP contribution in [0.15, 0.2) is 42.5 Å². The molecule has 3 N–H and O–H groups in total. The van der Waals surface area contributed by atoms with E-state index in [1.54, 1.807) is 12.1 Å². The molecule has 0 heterocycles. The number of aryl methyl sites for hydroxylation is 1. The number of hydrogen-bond donors (Lipinski definition) is 2. The van der Waals surface area contributed by atoms with Crippen LogP contribution in [0.5, 0.6) is 0 Å². The second kappa shape index (κ2) is 6.83. The third-order valence-corrected chi connectivity index (χ3v) is 3.90. The van der Waals surface area contributed by atoms with Gasteiger partial charge in [-0.15, -0.1) is 0 Å². The molecule has 0 saturated carbocycles. The van der Waals surface area contributed by atoms with E-state index in [1.165, 1.54) is 17.2 Å². The monoisotopic (exact) mass is 286 g/mol. The Morgan fingerprint density at radius 2 is 1.76 bits per heavy atom. The smallest absolute Gasteiger partial charge is 0.123 e. The Hall–Kier alpha value is -1.71. The topological polar surface area (TPSA) is 38.0 Å². The van der Waals surface area contributed by atoms with Gasteiger partial charge < -0.3 is 0 Å². The van der Waals surface area contributed by atoms with Gasteiger partial charge in [0.05, 0.1) is 6.04 Å². The summed E-state index contributed by atoms with van der Waals surface area (Å²) in [6.07, 6.45) is 0.735. The van der Waals surface area contributed by atoms with Crippen LogP contribution in [0.25, 0.3) is 0 Å². The van der Waals surface area contributed by atoms with Crippen LogP contribution in [0.4, 0.5) is 4.39 Å². The molecule has 0 fully saturated rings. The summed E-state index contributed by atoms with van der Waals surface area (Å²) in [6.45, 7) is 6.33.